The highest BCUT2D eigenvalue weighted by atomic mass is 35.5. The molecule has 26 heavy (non-hydrogen) atoms. The van der Waals surface area contributed by atoms with Crippen LogP contribution in [0.25, 0.3) is 10.2 Å². The zero-order valence-electron chi connectivity index (χ0n) is 15.1. The fourth-order valence-electron chi connectivity index (χ4n) is 3.30. The predicted molar refractivity (Wildman–Crippen MR) is 108 cm³/mol. The number of guanidine groups is 1. The number of likely N-dealkylation sites (tertiary alicyclic amines) is 1. The van der Waals surface area contributed by atoms with Crippen molar-refractivity contribution in [1.82, 2.24) is 15.2 Å². The van der Waals surface area contributed by atoms with Crippen LogP contribution in [0.3, 0.4) is 0 Å². The summed E-state index contributed by atoms with van der Waals surface area (Å²) in [6.45, 7) is 3.62. The summed E-state index contributed by atoms with van der Waals surface area (Å²) in [4.78, 5) is 11.4. The topological polar surface area (TPSA) is 49.8 Å². The first kappa shape index (κ1) is 18.0. The Morgan fingerprint density at radius 3 is 2.88 bits per heavy atom. The molecule has 1 aromatic heterocycles. The number of ether oxygens (including phenoxy) is 1. The van der Waals surface area contributed by atoms with E-state index in [1.54, 1.807) is 11.3 Å². The number of rotatable bonds is 5. The second-order valence-corrected chi connectivity index (χ2v) is 8.64. The molecule has 1 aliphatic carbocycles. The Hall–Kier alpha value is -1.37. The molecule has 4 rings (SSSR count). The monoisotopic (exact) mass is 392 g/mol. The second-order valence-electron chi connectivity index (χ2n) is 7.08. The van der Waals surface area contributed by atoms with Crippen LogP contribution in [-0.4, -0.2) is 48.7 Å². The molecule has 5 nitrogen and oxygen atoms in total. The summed E-state index contributed by atoms with van der Waals surface area (Å²) < 4.78 is 7.20. The number of halogens is 1. The van der Waals surface area contributed by atoms with Gasteiger partial charge in [-0.05, 0) is 49.8 Å². The van der Waals surface area contributed by atoms with Gasteiger partial charge in [0.05, 0.1) is 22.9 Å². The lowest BCUT2D eigenvalue weighted by Gasteiger charge is -2.34. The predicted octanol–water partition coefficient (Wildman–Crippen LogP) is 3.92. The van der Waals surface area contributed by atoms with Crippen LogP contribution in [0.4, 0.5) is 0 Å². The van der Waals surface area contributed by atoms with Gasteiger partial charge in [-0.15, -0.1) is 11.3 Å². The van der Waals surface area contributed by atoms with Gasteiger partial charge in [0, 0.05) is 31.8 Å². The molecule has 0 spiro atoms. The van der Waals surface area contributed by atoms with E-state index in [1.807, 2.05) is 25.2 Å². The van der Waals surface area contributed by atoms with Crippen molar-refractivity contribution >= 4 is 39.1 Å². The molecule has 0 bridgehead atoms. The molecular weight excluding hydrogens is 368 g/mol. The van der Waals surface area contributed by atoms with Crippen molar-refractivity contribution in [3.05, 3.63) is 28.2 Å². The molecule has 140 valence electrons. The zero-order valence-corrected chi connectivity index (χ0v) is 16.7. The molecule has 1 N–H and O–H groups in total. The number of aromatic nitrogens is 1. The van der Waals surface area contributed by atoms with Crippen LogP contribution >= 0.6 is 22.9 Å². The number of piperidine rings is 1. The molecule has 7 heteroatoms. The summed E-state index contributed by atoms with van der Waals surface area (Å²) in [5.41, 5.74) is 0.961. The minimum absolute atomic E-state index is 0.416. The van der Waals surface area contributed by atoms with Crippen molar-refractivity contribution in [1.29, 1.82) is 0 Å². The Labute approximate surface area is 163 Å². The van der Waals surface area contributed by atoms with Crippen LogP contribution in [-0.2, 0) is 11.3 Å². The van der Waals surface area contributed by atoms with Gasteiger partial charge in [0.25, 0.3) is 0 Å². The van der Waals surface area contributed by atoms with Gasteiger partial charge in [0.2, 0.25) is 0 Å². The Bertz CT molecular complexity index is 781. The first-order chi connectivity index (χ1) is 12.7. The highest BCUT2D eigenvalue weighted by Gasteiger charge is 2.26. The van der Waals surface area contributed by atoms with Crippen LogP contribution in [0.5, 0.6) is 0 Å². The molecular formula is C19H25ClN4OS. The lowest BCUT2D eigenvalue weighted by atomic mass is 10.1. The molecule has 2 heterocycles. The number of hydrogen-bond acceptors (Lipinski definition) is 4. The highest BCUT2D eigenvalue weighted by Crippen LogP contribution is 2.30. The standard InChI is InChI=1S/C19H25ClN4OS/c1-21-19(24-8-6-15(7-9-24)25-12-13-2-3-13)22-11-18-23-16-10-14(20)4-5-17(16)26-18/h4-5,10,13,15H,2-3,6-9,11-12H2,1H3,(H,21,22). The third-order valence-electron chi connectivity index (χ3n) is 5.01. The van der Waals surface area contributed by atoms with E-state index < -0.39 is 0 Å². The number of fused-ring (bicyclic) bond motifs is 1. The normalized spacial score (nSPS) is 19.3. The first-order valence-electron chi connectivity index (χ1n) is 9.33. The van der Waals surface area contributed by atoms with Gasteiger partial charge in [0.15, 0.2) is 5.96 Å². The maximum absolute atomic E-state index is 6.05. The van der Waals surface area contributed by atoms with E-state index in [1.165, 1.54) is 12.8 Å². The summed E-state index contributed by atoms with van der Waals surface area (Å²) in [7, 11) is 1.84. The number of benzene rings is 1. The van der Waals surface area contributed by atoms with E-state index in [0.29, 0.717) is 12.6 Å². The van der Waals surface area contributed by atoms with E-state index in [2.05, 4.69) is 20.2 Å². The van der Waals surface area contributed by atoms with Crippen LogP contribution in [0, 0.1) is 5.92 Å². The van der Waals surface area contributed by atoms with Crippen molar-refractivity contribution in [2.75, 3.05) is 26.7 Å². The van der Waals surface area contributed by atoms with E-state index in [0.717, 1.165) is 64.7 Å². The van der Waals surface area contributed by atoms with Crippen LogP contribution in [0.1, 0.15) is 30.7 Å². The third-order valence-corrected chi connectivity index (χ3v) is 6.28. The number of nitrogens with one attached hydrogen (secondary N) is 1. The number of aliphatic imine (C=N–C) groups is 1. The maximum atomic E-state index is 6.05. The fourth-order valence-corrected chi connectivity index (χ4v) is 4.36. The summed E-state index contributed by atoms with van der Waals surface area (Å²) in [6.07, 6.45) is 5.28. The average molecular weight is 393 g/mol. The molecule has 1 saturated carbocycles. The van der Waals surface area contributed by atoms with Gasteiger partial charge in [-0.3, -0.25) is 4.99 Å². The Morgan fingerprint density at radius 2 is 2.15 bits per heavy atom. The van der Waals surface area contributed by atoms with Crippen molar-refractivity contribution < 1.29 is 4.74 Å². The summed E-state index contributed by atoms with van der Waals surface area (Å²) in [5, 5.41) is 5.23. The lowest BCUT2D eigenvalue weighted by Crippen LogP contribution is -2.46. The van der Waals surface area contributed by atoms with Crippen LogP contribution in [0.2, 0.25) is 5.02 Å². The molecule has 0 unspecified atom stereocenters. The quantitative estimate of drug-likeness (QED) is 0.619. The third kappa shape index (κ3) is 4.48. The van der Waals surface area contributed by atoms with Crippen molar-refractivity contribution in [2.45, 2.75) is 38.3 Å². The minimum atomic E-state index is 0.416. The molecule has 0 amide bonds. The molecule has 1 aliphatic heterocycles. The Morgan fingerprint density at radius 1 is 1.35 bits per heavy atom. The van der Waals surface area contributed by atoms with Gasteiger partial charge >= 0.3 is 0 Å². The van der Waals surface area contributed by atoms with Crippen molar-refractivity contribution in [2.24, 2.45) is 10.9 Å². The zero-order chi connectivity index (χ0) is 17.9. The molecule has 2 fully saturated rings. The van der Waals surface area contributed by atoms with Crippen molar-refractivity contribution in [3.8, 4) is 0 Å². The molecule has 0 atom stereocenters. The fraction of sp³-hybridized carbons (Fsp3) is 0.579. The second kappa shape index (κ2) is 8.11. The van der Waals surface area contributed by atoms with E-state index in [4.69, 9.17) is 16.3 Å². The molecule has 2 aromatic rings. The highest BCUT2D eigenvalue weighted by molar-refractivity contribution is 7.18. The van der Waals surface area contributed by atoms with Crippen LogP contribution < -0.4 is 5.32 Å². The Balaban J connectivity index is 1.28. The van der Waals surface area contributed by atoms with Crippen molar-refractivity contribution in [3.63, 3.8) is 0 Å². The van der Waals surface area contributed by atoms with E-state index >= 15 is 0 Å². The number of hydrogen-bond donors (Lipinski definition) is 1. The molecule has 1 saturated heterocycles. The van der Waals surface area contributed by atoms with Gasteiger partial charge in [-0.2, -0.15) is 0 Å². The van der Waals surface area contributed by atoms with Gasteiger partial charge < -0.3 is 15.0 Å². The smallest absolute Gasteiger partial charge is 0.193 e. The summed E-state index contributed by atoms with van der Waals surface area (Å²) in [5.74, 6) is 1.79. The minimum Gasteiger partial charge on any atom is -0.378 e. The van der Waals surface area contributed by atoms with Gasteiger partial charge in [0.1, 0.15) is 5.01 Å². The number of nitrogens with zero attached hydrogens (tertiary/aromatic N) is 3. The largest absolute Gasteiger partial charge is 0.378 e. The van der Waals surface area contributed by atoms with Crippen LogP contribution in [0.15, 0.2) is 23.2 Å². The molecule has 2 aliphatic rings. The van der Waals surface area contributed by atoms with E-state index in [9.17, 15) is 0 Å². The summed E-state index contributed by atoms with van der Waals surface area (Å²) in [6, 6.07) is 5.85. The molecule has 1 aromatic carbocycles. The average Bonchev–Trinajstić information content (AvgIpc) is 3.40. The number of thiazole rings is 1. The van der Waals surface area contributed by atoms with Gasteiger partial charge in [-0.1, -0.05) is 11.6 Å². The maximum Gasteiger partial charge on any atom is 0.193 e. The lowest BCUT2D eigenvalue weighted by molar-refractivity contribution is 0.0131. The Kier molecular flexibility index (Phi) is 5.62. The van der Waals surface area contributed by atoms with E-state index in [-0.39, 0.29) is 0 Å². The SMILES string of the molecule is CN=C(NCc1nc2cc(Cl)ccc2s1)N1CCC(OCC2CC2)CC1. The first-order valence-corrected chi connectivity index (χ1v) is 10.5. The van der Waals surface area contributed by atoms with Gasteiger partial charge in [-0.25, -0.2) is 4.98 Å². The summed E-state index contributed by atoms with van der Waals surface area (Å²) >= 11 is 7.74. The molecule has 0 radical (unpaired) electrons.